The summed E-state index contributed by atoms with van der Waals surface area (Å²) >= 11 is 0. The summed E-state index contributed by atoms with van der Waals surface area (Å²) in [6, 6.07) is 9.25. The number of benzene rings is 1. The van der Waals surface area contributed by atoms with Gasteiger partial charge in [-0.05, 0) is 50.3 Å². The van der Waals surface area contributed by atoms with E-state index in [1.165, 1.54) is 12.5 Å². The zero-order valence-electron chi connectivity index (χ0n) is 18.1. The third-order valence-corrected chi connectivity index (χ3v) is 5.96. The van der Waals surface area contributed by atoms with E-state index in [0.29, 0.717) is 12.2 Å². The van der Waals surface area contributed by atoms with Gasteiger partial charge in [-0.3, -0.25) is 14.3 Å². The summed E-state index contributed by atoms with van der Waals surface area (Å²) in [5.74, 6) is 1.47. The molecule has 0 spiro atoms. The number of rotatable bonds is 6. The molecular formula is C23H31N5O2. The molecule has 4 rings (SSSR count). The van der Waals surface area contributed by atoms with E-state index in [0.717, 1.165) is 54.5 Å². The van der Waals surface area contributed by atoms with Gasteiger partial charge >= 0.3 is 0 Å². The smallest absolute Gasteiger partial charge is 0.273 e. The summed E-state index contributed by atoms with van der Waals surface area (Å²) in [4.78, 5) is 31.3. The Morgan fingerprint density at radius 3 is 2.70 bits per heavy atom. The minimum absolute atomic E-state index is 0.0314. The van der Waals surface area contributed by atoms with E-state index < -0.39 is 0 Å². The maximum Gasteiger partial charge on any atom is 0.273 e. The molecular weight excluding hydrogens is 378 g/mol. The average Bonchev–Trinajstić information content (AvgIpc) is 2.99. The molecule has 3 aromatic rings. The number of hydrogen-bond acceptors (Lipinski definition) is 4. The molecule has 1 aromatic carbocycles. The quantitative estimate of drug-likeness (QED) is 0.635. The lowest BCUT2D eigenvalue weighted by Gasteiger charge is -2.34. The Kier molecular flexibility index (Phi) is 5.90. The first-order valence-electron chi connectivity index (χ1n) is 10.9. The Bertz CT molecular complexity index is 1110. The van der Waals surface area contributed by atoms with Crippen LogP contribution in [0, 0.1) is 18.8 Å². The van der Waals surface area contributed by atoms with E-state index in [4.69, 9.17) is 0 Å². The lowest BCUT2D eigenvalue weighted by molar-refractivity contribution is -0.121. The summed E-state index contributed by atoms with van der Waals surface area (Å²) in [6.07, 6.45) is 2.26. The van der Waals surface area contributed by atoms with Crippen LogP contribution in [-0.4, -0.2) is 51.2 Å². The predicted molar refractivity (Wildman–Crippen MR) is 119 cm³/mol. The van der Waals surface area contributed by atoms with Gasteiger partial charge in [0.2, 0.25) is 5.91 Å². The van der Waals surface area contributed by atoms with Gasteiger partial charge in [0, 0.05) is 36.8 Å². The molecule has 1 aliphatic rings. The lowest BCUT2D eigenvalue weighted by atomic mass is 9.92. The maximum absolute atomic E-state index is 12.7. The van der Waals surface area contributed by atoms with Crippen LogP contribution in [0.3, 0.4) is 0 Å². The molecule has 30 heavy (non-hydrogen) atoms. The number of carbonyl (C=O) groups excluding carboxylic acids is 1. The molecule has 2 aromatic heterocycles. The van der Waals surface area contributed by atoms with Crippen LogP contribution in [0.25, 0.3) is 16.6 Å². The minimum atomic E-state index is -0.263. The van der Waals surface area contributed by atoms with Crippen molar-refractivity contribution in [2.24, 2.45) is 11.8 Å². The van der Waals surface area contributed by atoms with E-state index in [-0.39, 0.29) is 18.0 Å². The van der Waals surface area contributed by atoms with Gasteiger partial charge in [-0.2, -0.15) is 4.98 Å². The van der Waals surface area contributed by atoms with Crippen LogP contribution in [0.4, 0.5) is 0 Å². The fourth-order valence-corrected chi connectivity index (χ4v) is 4.92. The molecule has 160 valence electrons. The van der Waals surface area contributed by atoms with E-state index in [1.807, 2.05) is 40.4 Å². The highest BCUT2D eigenvalue weighted by Crippen LogP contribution is 2.22. The molecule has 1 N–H and O–H groups in total. The number of nitrogens with one attached hydrogen (secondary N) is 1. The first-order valence-corrected chi connectivity index (χ1v) is 10.9. The Hall–Kier alpha value is -2.67. The summed E-state index contributed by atoms with van der Waals surface area (Å²) < 4.78 is 3.76. The number of carbonyl (C=O) groups is 1. The van der Waals surface area contributed by atoms with Crippen molar-refractivity contribution in [3.8, 4) is 0 Å². The standard InChI is InChI=1S/C23H31N5O2/c1-16-11-17(2)14-26(13-16)10-6-9-24-22(30)15-27-20-8-5-4-7-19(20)23-25-21(29)12-18(3)28(23)27/h4-5,7-8,12,16-17H,6,9-11,13-15H2,1-3H3,(H,24,30)/t16-,17-/m0/s1. The highest BCUT2D eigenvalue weighted by atomic mass is 16.2. The van der Waals surface area contributed by atoms with Crippen molar-refractivity contribution in [2.75, 3.05) is 26.2 Å². The second-order valence-corrected chi connectivity index (χ2v) is 8.86. The molecule has 1 aliphatic heterocycles. The Balaban J connectivity index is 1.42. The van der Waals surface area contributed by atoms with Crippen LogP contribution < -0.4 is 10.9 Å². The van der Waals surface area contributed by atoms with Crippen molar-refractivity contribution in [1.29, 1.82) is 0 Å². The number of aromatic nitrogens is 3. The molecule has 7 heteroatoms. The first kappa shape index (κ1) is 20.6. The number of nitrogens with zero attached hydrogens (tertiary/aromatic N) is 4. The molecule has 3 heterocycles. The predicted octanol–water partition coefficient (Wildman–Crippen LogP) is 2.44. The number of piperidine rings is 1. The molecule has 0 bridgehead atoms. The highest BCUT2D eigenvalue weighted by molar-refractivity contribution is 5.93. The number of aryl methyl sites for hydroxylation is 1. The Morgan fingerprint density at radius 1 is 1.20 bits per heavy atom. The summed E-state index contributed by atoms with van der Waals surface area (Å²) in [6.45, 7) is 10.7. The zero-order chi connectivity index (χ0) is 21.3. The van der Waals surface area contributed by atoms with Crippen LogP contribution >= 0.6 is 0 Å². The van der Waals surface area contributed by atoms with Crippen molar-refractivity contribution in [2.45, 2.75) is 40.2 Å². The van der Waals surface area contributed by atoms with Gasteiger partial charge in [-0.15, -0.1) is 0 Å². The van der Waals surface area contributed by atoms with Crippen molar-refractivity contribution in [1.82, 2.24) is 24.4 Å². The first-order chi connectivity index (χ1) is 14.4. The number of fused-ring (bicyclic) bond motifs is 3. The van der Waals surface area contributed by atoms with E-state index in [2.05, 4.69) is 29.0 Å². The molecule has 0 unspecified atom stereocenters. The summed E-state index contributed by atoms with van der Waals surface area (Å²) in [5.41, 5.74) is 1.99. The van der Waals surface area contributed by atoms with Gasteiger partial charge < -0.3 is 10.2 Å². The normalized spacial score (nSPS) is 20.1. The van der Waals surface area contributed by atoms with Gasteiger partial charge in [0.05, 0.1) is 5.52 Å². The van der Waals surface area contributed by atoms with Crippen LogP contribution in [0.2, 0.25) is 0 Å². The van der Waals surface area contributed by atoms with Gasteiger partial charge in [-0.1, -0.05) is 26.0 Å². The van der Waals surface area contributed by atoms with Gasteiger partial charge in [0.25, 0.3) is 5.56 Å². The third kappa shape index (κ3) is 4.26. The Morgan fingerprint density at radius 2 is 1.93 bits per heavy atom. The SMILES string of the molecule is Cc1cc(=O)nc2c3ccccc3n(CC(=O)NCCCN3C[C@@H](C)C[C@H](C)C3)n12. The molecule has 2 atom stereocenters. The largest absolute Gasteiger partial charge is 0.354 e. The number of hydrogen-bond donors (Lipinski definition) is 1. The average molecular weight is 410 g/mol. The molecule has 0 aliphatic carbocycles. The second-order valence-electron chi connectivity index (χ2n) is 8.86. The Labute approximate surface area is 176 Å². The van der Waals surface area contributed by atoms with Crippen molar-refractivity contribution in [3.63, 3.8) is 0 Å². The third-order valence-electron chi connectivity index (χ3n) is 5.96. The minimum Gasteiger partial charge on any atom is -0.354 e. The summed E-state index contributed by atoms with van der Waals surface area (Å²) in [7, 11) is 0. The molecule has 7 nitrogen and oxygen atoms in total. The van der Waals surface area contributed by atoms with E-state index >= 15 is 0 Å². The van der Waals surface area contributed by atoms with E-state index in [9.17, 15) is 9.59 Å². The molecule has 1 saturated heterocycles. The van der Waals surface area contributed by atoms with Crippen LogP contribution in [-0.2, 0) is 11.3 Å². The van der Waals surface area contributed by atoms with Gasteiger partial charge in [0.15, 0.2) is 5.65 Å². The molecule has 1 amide bonds. The maximum atomic E-state index is 12.7. The number of amides is 1. The van der Waals surface area contributed by atoms with Crippen LogP contribution in [0.1, 0.15) is 32.4 Å². The van der Waals surface area contributed by atoms with E-state index in [1.54, 1.807) is 0 Å². The molecule has 0 radical (unpaired) electrons. The van der Waals surface area contributed by atoms with Crippen molar-refractivity contribution < 1.29 is 4.79 Å². The van der Waals surface area contributed by atoms with Gasteiger partial charge in [-0.25, -0.2) is 4.52 Å². The zero-order valence-corrected chi connectivity index (χ0v) is 18.1. The van der Waals surface area contributed by atoms with Crippen LogP contribution in [0.15, 0.2) is 35.1 Å². The number of para-hydroxylation sites is 1. The second kappa shape index (κ2) is 8.60. The lowest BCUT2D eigenvalue weighted by Crippen LogP contribution is -2.40. The van der Waals surface area contributed by atoms with Crippen LogP contribution in [0.5, 0.6) is 0 Å². The fraction of sp³-hybridized carbons (Fsp3) is 0.522. The highest BCUT2D eigenvalue weighted by Gasteiger charge is 2.21. The van der Waals surface area contributed by atoms with Crippen molar-refractivity contribution in [3.05, 3.63) is 46.4 Å². The fourth-order valence-electron chi connectivity index (χ4n) is 4.92. The van der Waals surface area contributed by atoms with Crippen molar-refractivity contribution >= 4 is 22.5 Å². The molecule has 0 saturated carbocycles. The molecule has 1 fully saturated rings. The van der Waals surface area contributed by atoms with Gasteiger partial charge in [0.1, 0.15) is 6.54 Å². The topological polar surface area (TPSA) is 71.6 Å². The number of likely N-dealkylation sites (tertiary alicyclic amines) is 1. The monoisotopic (exact) mass is 409 g/mol. The summed E-state index contributed by atoms with van der Waals surface area (Å²) in [5, 5.41) is 3.94.